The predicted octanol–water partition coefficient (Wildman–Crippen LogP) is 6.05. The van der Waals surface area contributed by atoms with Crippen molar-refractivity contribution in [1.82, 2.24) is 30.0 Å². The summed E-state index contributed by atoms with van der Waals surface area (Å²) in [6.45, 7) is 6.36. The number of amides is 1. The summed E-state index contributed by atoms with van der Waals surface area (Å²) in [6.07, 6.45) is 3.82. The fourth-order valence-electron chi connectivity index (χ4n) is 5.15. The van der Waals surface area contributed by atoms with Crippen molar-refractivity contribution in [2.45, 2.75) is 71.8 Å². The molecule has 0 saturated carbocycles. The van der Waals surface area contributed by atoms with Gasteiger partial charge in [-0.2, -0.15) is 4.98 Å². The lowest BCUT2D eigenvalue weighted by molar-refractivity contribution is -0.141. The fourth-order valence-corrected chi connectivity index (χ4v) is 5.15. The van der Waals surface area contributed by atoms with E-state index in [1.54, 1.807) is 30.3 Å². The highest BCUT2D eigenvalue weighted by molar-refractivity contribution is 6.04. The van der Waals surface area contributed by atoms with E-state index in [9.17, 15) is 14.4 Å². The number of methoxy groups -OCH3 is 1. The molecule has 2 heterocycles. The Labute approximate surface area is 323 Å². The van der Waals surface area contributed by atoms with E-state index >= 15 is 4.39 Å². The van der Waals surface area contributed by atoms with E-state index in [1.807, 2.05) is 20.8 Å². The third kappa shape index (κ3) is 12.4. The number of alkyl carbamates (subject to hydrolysis) is 1. The van der Waals surface area contributed by atoms with Crippen LogP contribution in [0, 0.1) is 11.2 Å². The number of carbonyl (C=O) groups is 3. The van der Waals surface area contributed by atoms with Crippen molar-refractivity contribution in [3.8, 4) is 23.5 Å². The molecular weight excluding hydrogens is 733 g/mol. The van der Waals surface area contributed by atoms with Gasteiger partial charge in [0.15, 0.2) is 17.4 Å². The Morgan fingerprint density at radius 1 is 0.946 bits per heavy atom. The molecule has 4 aromatic rings. The lowest BCUT2D eigenvalue weighted by Gasteiger charge is -2.19. The normalized spacial score (nSPS) is 11.3. The molecule has 1 atom stereocenters. The summed E-state index contributed by atoms with van der Waals surface area (Å²) in [7, 11) is 1.41. The van der Waals surface area contributed by atoms with E-state index < -0.39 is 36.7 Å². The summed E-state index contributed by atoms with van der Waals surface area (Å²) in [5.74, 6) is -2.21. The minimum absolute atomic E-state index is 0.0541. The lowest BCUT2D eigenvalue weighted by Crippen LogP contribution is -2.31. The molecule has 300 valence electrons. The molecule has 1 amide bonds. The van der Waals surface area contributed by atoms with Crippen molar-refractivity contribution < 1.29 is 51.9 Å². The second-order valence-corrected chi connectivity index (χ2v) is 12.1. The first-order valence-corrected chi connectivity index (χ1v) is 18.0. The van der Waals surface area contributed by atoms with Gasteiger partial charge in [-0.3, -0.25) is 15.5 Å². The van der Waals surface area contributed by atoms with E-state index in [2.05, 4.69) is 25.4 Å². The van der Waals surface area contributed by atoms with Crippen LogP contribution in [-0.2, 0) is 30.2 Å². The Morgan fingerprint density at radius 3 is 2.34 bits per heavy atom. The molecule has 0 unspecified atom stereocenters. The molecular formula is C38H46FN7O10. The van der Waals surface area contributed by atoms with Gasteiger partial charge in [0, 0.05) is 36.5 Å². The molecule has 18 heteroatoms. The number of nitrogens with zero attached hydrogens (tertiary/aromatic N) is 5. The second-order valence-electron chi connectivity index (χ2n) is 12.1. The smallest absolute Gasteiger partial charge is 0.497 e. The van der Waals surface area contributed by atoms with Crippen LogP contribution in [0.5, 0.6) is 17.5 Å². The van der Waals surface area contributed by atoms with Crippen molar-refractivity contribution in [1.29, 1.82) is 5.41 Å². The standard InChI is InChI=1S/C38H46FN7O10/c1-6-9-17-53-37(48)43-33(40)26-13-11-25(12-14-26)20-30(29-21-28(50-5)22-31(32(29)39)52-19-18-51-24(4)47)34-44-36(46(45-34)35-41-15-10-16-42-35)54-23-55-38(49)56-27(7-2)8-3/h10-16,21-22,27,30H,6-9,17-20,23H2,1-5H3,(H2,40,43,48)/t30-/m1/s1. The number of hydrogen-bond donors (Lipinski definition) is 2. The quantitative estimate of drug-likeness (QED) is 0.0261. The molecule has 2 aromatic heterocycles. The zero-order chi connectivity index (χ0) is 40.5. The van der Waals surface area contributed by atoms with Gasteiger partial charge in [-0.25, -0.2) is 23.9 Å². The van der Waals surface area contributed by atoms with Crippen molar-refractivity contribution in [2.24, 2.45) is 0 Å². The van der Waals surface area contributed by atoms with Crippen LogP contribution in [-0.4, -0.2) is 88.6 Å². The first-order chi connectivity index (χ1) is 27.1. The van der Waals surface area contributed by atoms with Crippen LogP contribution >= 0.6 is 0 Å². The average molecular weight is 780 g/mol. The third-order valence-corrected chi connectivity index (χ3v) is 8.12. The zero-order valence-electron chi connectivity index (χ0n) is 31.9. The van der Waals surface area contributed by atoms with Crippen molar-refractivity contribution >= 4 is 24.1 Å². The molecule has 0 aliphatic rings. The molecule has 17 nitrogen and oxygen atoms in total. The van der Waals surface area contributed by atoms with Crippen LogP contribution in [0.4, 0.5) is 14.0 Å². The van der Waals surface area contributed by atoms with Crippen LogP contribution in [0.15, 0.2) is 54.9 Å². The van der Waals surface area contributed by atoms with Gasteiger partial charge in [0.05, 0.1) is 19.6 Å². The molecule has 0 aliphatic heterocycles. The maximum absolute atomic E-state index is 16.5. The Morgan fingerprint density at radius 2 is 1.68 bits per heavy atom. The highest BCUT2D eigenvalue weighted by Crippen LogP contribution is 2.37. The first-order valence-electron chi connectivity index (χ1n) is 18.0. The Hall–Kier alpha value is -6.33. The molecule has 0 fully saturated rings. The fraction of sp³-hybridized carbons (Fsp3) is 0.421. The largest absolute Gasteiger partial charge is 0.511 e. The molecule has 2 aromatic carbocycles. The highest BCUT2D eigenvalue weighted by Gasteiger charge is 2.29. The van der Waals surface area contributed by atoms with E-state index in [0.717, 1.165) is 6.42 Å². The van der Waals surface area contributed by atoms with Crippen LogP contribution in [0.1, 0.15) is 81.8 Å². The van der Waals surface area contributed by atoms with E-state index in [4.69, 9.17) is 38.6 Å². The van der Waals surface area contributed by atoms with Crippen LogP contribution in [0.3, 0.4) is 0 Å². The molecule has 0 aliphatic carbocycles. The van der Waals surface area contributed by atoms with E-state index in [-0.39, 0.29) is 73.0 Å². The summed E-state index contributed by atoms with van der Waals surface area (Å²) >= 11 is 0. The number of nitrogens with one attached hydrogen (secondary N) is 2. The van der Waals surface area contributed by atoms with Crippen LogP contribution in [0.2, 0.25) is 0 Å². The second kappa shape index (κ2) is 21.5. The summed E-state index contributed by atoms with van der Waals surface area (Å²) in [5.41, 5.74) is 1.14. The number of rotatable bonds is 20. The van der Waals surface area contributed by atoms with Gasteiger partial charge in [-0.15, -0.1) is 9.78 Å². The topological polar surface area (TPSA) is 208 Å². The Balaban J connectivity index is 1.72. The van der Waals surface area contributed by atoms with Crippen molar-refractivity contribution in [3.63, 3.8) is 0 Å². The minimum Gasteiger partial charge on any atom is -0.497 e. The summed E-state index contributed by atoms with van der Waals surface area (Å²) in [4.78, 5) is 48.8. The number of aromatic nitrogens is 5. The molecule has 0 bridgehead atoms. The number of amidine groups is 1. The van der Waals surface area contributed by atoms with Gasteiger partial charge in [0.1, 0.15) is 30.9 Å². The number of carbonyl (C=O) groups excluding carboxylic acids is 3. The lowest BCUT2D eigenvalue weighted by atomic mass is 9.90. The summed E-state index contributed by atoms with van der Waals surface area (Å²) < 4.78 is 55.1. The van der Waals surface area contributed by atoms with Gasteiger partial charge in [-0.1, -0.05) is 51.5 Å². The summed E-state index contributed by atoms with van der Waals surface area (Å²) in [6, 6.07) is 11.0. The van der Waals surface area contributed by atoms with Gasteiger partial charge in [-0.05, 0) is 43.4 Å². The van der Waals surface area contributed by atoms with Crippen LogP contribution < -0.4 is 19.5 Å². The maximum atomic E-state index is 16.5. The first kappa shape index (κ1) is 42.4. The molecule has 4 rings (SSSR count). The van der Waals surface area contributed by atoms with Gasteiger partial charge < -0.3 is 33.2 Å². The molecule has 0 spiro atoms. The monoisotopic (exact) mass is 779 g/mol. The Bertz CT molecular complexity index is 1910. The van der Waals surface area contributed by atoms with Crippen LogP contribution in [0.25, 0.3) is 5.95 Å². The number of esters is 1. The van der Waals surface area contributed by atoms with Gasteiger partial charge in [0.25, 0.3) is 5.95 Å². The Kier molecular flexibility index (Phi) is 16.3. The van der Waals surface area contributed by atoms with Gasteiger partial charge in [0.2, 0.25) is 6.79 Å². The number of halogens is 1. The number of benzene rings is 2. The number of ether oxygens (including phenoxy) is 7. The molecule has 0 radical (unpaired) electrons. The number of unbranched alkanes of at least 4 members (excludes halogenated alkanes) is 1. The van der Waals surface area contributed by atoms with Crippen molar-refractivity contribution in [2.75, 3.05) is 33.7 Å². The third-order valence-electron chi connectivity index (χ3n) is 8.12. The summed E-state index contributed by atoms with van der Waals surface area (Å²) in [5, 5.41) is 15.4. The van der Waals surface area contributed by atoms with Crippen molar-refractivity contribution in [3.05, 3.63) is 83.2 Å². The molecule has 2 N–H and O–H groups in total. The van der Waals surface area contributed by atoms with E-state index in [0.29, 0.717) is 30.4 Å². The minimum atomic E-state index is -0.953. The maximum Gasteiger partial charge on any atom is 0.511 e. The van der Waals surface area contributed by atoms with Gasteiger partial charge >= 0.3 is 24.2 Å². The zero-order valence-corrected chi connectivity index (χ0v) is 31.9. The highest BCUT2D eigenvalue weighted by atomic mass is 19.1. The average Bonchev–Trinajstić information content (AvgIpc) is 3.62. The number of hydrogen-bond acceptors (Lipinski definition) is 15. The van der Waals surface area contributed by atoms with E-state index in [1.165, 1.54) is 43.2 Å². The SMILES string of the molecule is CCCCOC(=O)NC(=N)c1ccc(C[C@@H](c2nc(OCOC(=O)OC(CC)CC)n(-c3ncccn3)n2)c2cc(OC)cc(OCCOC(C)=O)c2F)cc1. The molecule has 0 saturated heterocycles. The molecule has 56 heavy (non-hydrogen) atoms. The predicted molar refractivity (Wildman–Crippen MR) is 198 cm³/mol.